The van der Waals surface area contributed by atoms with E-state index in [1.807, 2.05) is 36.1 Å². The molecule has 1 saturated heterocycles. The number of amides is 2. The maximum Gasteiger partial charge on any atom is 0.229 e. The molecule has 2 aromatic carbocycles. The highest BCUT2D eigenvalue weighted by molar-refractivity contribution is 6.32. The van der Waals surface area contributed by atoms with E-state index >= 15 is 0 Å². The molecule has 2 aromatic rings. The summed E-state index contributed by atoms with van der Waals surface area (Å²) in [4.78, 5) is 26.8. The first kappa shape index (κ1) is 20.2. The Hall–Kier alpha value is -2.53. The molecule has 6 heteroatoms. The Morgan fingerprint density at radius 3 is 2.61 bits per heavy atom. The normalized spacial score (nSPS) is 16.5. The second-order valence-electron chi connectivity index (χ2n) is 6.95. The third-order valence-electron chi connectivity index (χ3n) is 4.81. The van der Waals surface area contributed by atoms with Gasteiger partial charge in [-0.1, -0.05) is 42.8 Å². The topological polar surface area (TPSA) is 58.6 Å². The number of carbonyl (C=O) groups is 2. The molecule has 0 aromatic heterocycles. The van der Waals surface area contributed by atoms with Gasteiger partial charge in [0.05, 0.1) is 16.6 Å². The second kappa shape index (κ2) is 9.60. The van der Waals surface area contributed by atoms with E-state index in [1.54, 1.807) is 24.3 Å². The van der Waals surface area contributed by atoms with Gasteiger partial charge in [-0.2, -0.15) is 0 Å². The number of ether oxygens (including phenoxy) is 1. The van der Waals surface area contributed by atoms with E-state index in [0.717, 1.165) is 25.8 Å². The molecule has 3 rings (SSSR count). The van der Waals surface area contributed by atoms with Crippen LogP contribution in [0.3, 0.4) is 0 Å². The minimum atomic E-state index is -0.220. The summed E-state index contributed by atoms with van der Waals surface area (Å²) in [7, 11) is 0. The molecule has 1 heterocycles. The Morgan fingerprint density at radius 2 is 1.86 bits per heavy atom. The molecule has 0 spiro atoms. The summed E-state index contributed by atoms with van der Waals surface area (Å²) in [6.07, 6.45) is 2.96. The molecule has 1 unspecified atom stereocenters. The first-order chi connectivity index (χ1) is 13.6. The molecule has 0 aliphatic carbocycles. The number of hydrogen-bond acceptors (Lipinski definition) is 3. The van der Waals surface area contributed by atoms with Crippen LogP contribution in [0.15, 0.2) is 48.5 Å². The predicted octanol–water partition coefficient (Wildman–Crippen LogP) is 5.11. The first-order valence-corrected chi connectivity index (χ1v) is 10.1. The molecular weight excluding hydrogens is 376 g/mol. The van der Waals surface area contributed by atoms with Crippen molar-refractivity contribution in [3.8, 4) is 11.5 Å². The molecule has 1 fully saturated rings. The van der Waals surface area contributed by atoms with Crippen molar-refractivity contribution in [1.82, 2.24) is 4.90 Å². The quantitative estimate of drug-likeness (QED) is 0.733. The van der Waals surface area contributed by atoms with Crippen LogP contribution < -0.4 is 10.1 Å². The van der Waals surface area contributed by atoms with Gasteiger partial charge >= 0.3 is 0 Å². The molecule has 28 heavy (non-hydrogen) atoms. The van der Waals surface area contributed by atoms with Crippen LogP contribution in [0.5, 0.6) is 11.5 Å². The summed E-state index contributed by atoms with van der Waals surface area (Å²) >= 11 is 6.18. The van der Waals surface area contributed by atoms with E-state index in [4.69, 9.17) is 16.3 Å². The molecule has 0 bridgehead atoms. The van der Waals surface area contributed by atoms with Crippen LogP contribution in [0.2, 0.25) is 5.02 Å². The number of nitrogens with zero attached hydrogens (tertiary/aromatic N) is 1. The highest BCUT2D eigenvalue weighted by Crippen LogP contribution is 2.33. The number of para-hydroxylation sites is 3. The van der Waals surface area contributed by atoms with E-state index in [-0.39, 0.29) is 17.7 Å². The van der Waals surface area contributed by atoms with Gasteiger partial charge in [0.2, 0.25) is 11.8 Å². The fourth-order valence-corrected chi connectivity index (χ4v) is 3.50. The maximum atomic E-state index is 12.8. The van der Waals surface area contributed by atoms with Crippen LogP contribution in [-0.2, 0) is 9.59 Å². The third-order valence-corrected chi connectivity index (χ3v) is 5.12. The second-order valence-corrected chi connectivity index (χ2v) is 7.35. The zero-order valence-corrected chi connectivity index (χ0v) is 16.7. The lowest BCUT2D eigenvalue weighted by Gasteiger charge is -2.32. The number of anilines is 1. The molecule has 5 nitrogen and oxygen atoms in total. The summed E-state index contributed by atoms with van der Waals surface area (Å²) in [6, 6.07) is 14.5. The smallest absolute Gasteiger partial charge is 0.229 e. The van der Waals surface area contributed by atoms with Gasteiger partial charge in [0, 0.05) is 19.5 Å². The minimum absolute atomic E-state index is 0.0933. The molecule has 1 atom stereocenters. The van der Waals surface area contributed by atoms with Crippen LogP contribution in [0.25, 0.3) is 0 Å². The molecule has 1 N–H and O–H groups in total. The van der Waals surface area contributed by atoms with Gasteiger partial charge in [-0.15, -0.1) is 0 Å². The summed E-state index contributed by atoms with van der Waals surface area (Å²) in [5.41, 5.74) is 0.587. The van der Waals surface area contributed by atoms with Crippen molar-refractivity contribution < 1.29 is 14.3 Å². The van der Waals surface area contributed by atoms with Crippen LogP contribution in [0.4, 0.5) is 5.69 Å². The van der Waals surface area contributed by atoms with Gasteiger partial charge in [-0.3, -0.25) is 9.59 Å². The van der Waals surface area contributed by atoms with Crippen molar-refractivity contribution >= 4 is 29.1 Å². The molecule has 148 valence electrons. The molecular formula is C22H25ClN2O3. The SMILES string of the molecule is CCCC(=O)N1CCCC(C(=O)Nc2ccccc2Oc2ccccc2Cl)C1. The van der Waals surface area contributed by atoms with Gasteiger partial charge in [0.1, 0.15) is 5.75 Å². The largest absolute Gasteiger partial charge is 0.454 e. The van der Waals surface area contributed by atoms with E-state index in [9.17, 15) is 9.59 Å². The monoisotopic (exact) mass is 400 g/mol. The van der Waals surface area contributed by atoms with Crippen LogP contribution in [0, 0.1) is 5.92 Å². The third kappa shape index (κ3) is 5.04. The Morgan fingerprint density at radius 1 is 1.14 bits per heavy atom. The van der Waals surface area contributed by atoms with Crippen molar-refractivity contribution in [3.05, 3.63) is 53.6 Å². The van der Waals surface area contributed by atoms with Crippen LogP contribution in [-0.4, -0.2) is 29.8 Å². The van der Waals surface area contributed by atoms with Gasteiger partial charge in [-0.05, 0) is 43.5 Å². The summed E-state index contributed by atoms with van der Waals surface area (Å²) in [5.74, 6) is 0.869. The molecule has 2 amide bonds. The van der Waals surface area contributed by atoms with Gasteiger partial charge in [0.25, 0.3) is 0 Å². The molecule has 1 aliphatic heterocycles. The van der Waals surface area contributed by atoms with Crippen molar-refractivity contribution in [1.29, 1.82) is 0 Å². The Balaban J connectivity index is 1.69. The minimum Gasteiger partial charge on any atom is -0.454 e. The molecule has 0 radical (unpaired) electrons. The van der Waals surface area contributed by atoms with E-state index in [2.05, 4.69) is 5.32 Å². The average Bonchev–Trinajstić information content (AvgIpc) is 2.71. The molecule has 1 aliphatic rings. The van der Waals surface area contributed by atoms with Gasteiger partial charge in [0.15, 0.2) is 5.75 Å². The number of hydrogen-bond donors (Lipinski definition) is 1. The van der Waals surface area contributed by atoms with Gasteiger partial charge in [-0.25, -0.2) is 0 Å². The number of halogens is 1. The number of piperidine rings is 1. The van der Waals surface area contributed by atoms with Gasteiger partial charge < -0.3 is 15.0 Å². The van der Waals surface area contributed by atoms with E-state index in [0.29, 0.717) is 35.2 Å². The zero-order chi connectivity index (χ0) is 19.9. The lowest BCUT2D eigenvalue weighted by molar-refractivity contribution is -0.134. The fraction of sp³-hybridized carbons (Fsp3) is 0.364. The summed E-state index contributed by atoms with van der Waals surface area (Å²) < 4.78 is 5.91. The Labute approximate surface area is 170 Å². The predicted molar refractivity (Wildman–Crippen MR) is 111 cm³/mol. The maximum absolute atomic E-state index is 12.8. The lowest BCUT2D eigenvalue weighted by atomic mass is 9.96. The first-order valence-electron chi connectivity index (χ1n) is 9.68. The number of likely N-dealkylation sites (tertiary alicyclic amines) is 1. The summed E-state index contributed by atoms with van der Waals surface area (Å²) in [6.45, 7) is 3.19. The van der Waals surface area contributed by atoms with E-state index < -0.39 is 0 Å². The number of benzene rings is 2. The average molecular weight is 401 g/mol. The Kier molecular flexibility index (Phi) is 6.93. The Bertz CT molecular complexity index is 840. The number of rotatable bonds is 6. The van der Waals surface area contributed by atoms with Crippen molar-refractivity contribution in [2.24, 2.45) is 5.92 Å². The number of nitrogens with one attached hydrogen (secondary N) is 1. The lowest BCUT2D eigenvalue weighted by Crippen LogP contribution is -2.43. The highest BCUT2D eigenvalue weighted by Gasteiger charge is 2.28. The van der Waals surface area contributed by atoms with E-state index in [1.165, 1.54) is 0 Å². The standard InChI is InChI=1S/C22H25ClN2O3/c1-2-8-21(26)25-14-7-9-16(15-25)22(27)24-18-11-4-6-13-20(18)28-19-12-5-3-10-17(19)23/h3-6,10-13,16H,2,7-9,14-15H2,1H3,(H,24,27). The summed E-state index contributed by atoms with van der Waals surface area (Å²) in [5, 5.41) is 3.47. The van der Waals surface area contributed by atoms with Crippen LogP contribution >= 0.6 is 11.6 Å². The van der Waals surface area contributed by atoms with Crippen molar-refractivity contribution in [2.75, 3.05) is 18.4 Å². The van der Waals surface area contributed by atoms with Crippen molar-refractivity contribution in [2.45, 2.75) is 32.6 Å². The molecule has 0 saturated carbocycles. The zero-order valence-electron chi connectivity index (χ0n) is 16.0. The fourth-order valence-electron chi connectivity index (χ4n) is 3.33. The van der Waals surface area contributed by atoms with Crippen LogP contribution in [0.1, 0.15) is 32.6 Å². The highest BCUT2D eigenvalue weighted by atomic mass is 35.5. The van der Waals surface area contributed by atoms with Crippen molar-refractivity contribution in [3.63, 3.8) is 0 Å². The number of carbonyl (C=O) groups excluding carboxylic acids is 2.